The zero-order valence-electron chi connectivity index (χ0n) is 5.43. The Kier molecular flexibility index (Phi) is 2.18. The average molecular weight is 180 g/mol. The molecule has 1 aromatic heterocycles. The first kappa shape index (κ1) is 7.85. The molecule has 3 nitrogen and oxygen atoms in total. The van der Waals surface area contributed by atoms with Crippen LogP contribution < -0.4 is 5.73 Å². The van der Waals surface area contributed by atoms with Crippen LogP contribution in [-0.4, -0.2) is 9.78 Å². The lowest BCUT2D eigenvalue weighted by atomic mass is 10.4. The summed E-state index contributed by atoms with van der Waals surface area (Å²) in [6.07, 6.45) is 0. The van der Waals surface area contributed by atoms with Gasteiger partial charge in [-0.2, -0.15) is 5.10 Å². The van der Waals surface area contributed by atoms with Crippen molar-refractivity contribution in [1.82, 2.24) is 9.78 Å². The fourth-order valence-corrected chi connectivity index (χ4v) is 1.18. The molecule has 0 atom stereocenters. The zero-order chi connectivity index (χ0) is 7.72. The molecule has 0 unspecified atom stereocenters. The quantitative estimate of drug-likeness (QED) is 0.705. The van der Waals surface area contributed by atoms with E-state index in [9.17, 15) is 0 Å². The third-order valence-corrected chi connectivity index (χ3v) is 2.01. The van der Waals surface area contributed by atoms with E-state index >= 15 is 0 Å². The molecule has 0 bridgehead atoms. The summed E-state index contributed by atoms with van der Waals surface area (Å²) in [4.78, 5) is 0. The standard InChI is InChI=1S/C5H7Cl2N3/c1-10-3(2-8)4(6)5(7)9-10/h2,8H2,1H3. The number of rotatable bonds is 1. The van der Waals surface area contributed by atoms with E-state index in [1.54, 1.807) is 11.7 Å². The fraction of sp³-hybridized carbons (Fsp3) is 0.400. The minimum absolute atomic E-state index is 0.310. The van der Waals surface area contributed by atoms with Crippen molar-refractivity contribution >= 4 is 23.2 Å². The number of nitrogens with two attached hydrogens (primary N) is 1. The maximum Gasteiger partial charge on any atom is 0.169 e. The summed E-state index contributed by atoms with van der Waals surface area (Å²) in [6, 6.07) is 0. The maximum atomic E-state index is 5.72. The van der Waals surface area contributed by atoms with Crippen LogP contribution in [0.25, 0.3) is 0 Å². The van der Waals surface area contributed by atoms with Crippen molar-refractivity contribution in [3.63, 3.8) is 0 Å². The Balaban J connectivity index is 3.20. The molecule has 0 radical (unpaired) electrons. The molecule has 0 spiro atoms. The molecule has 10 heavy (non-hydrogen) atoms. The predicted molar refractivity (Wildman–Crippen MR) is 41.1 cm³/mol. The van der Waals surface area contributed by atoms with Crippen LogP contribution in [0.15, 0.2) is 0 Å². The fourth-order valence-electron chi connectivity index (χ4n) is 0.719. The molecule has 56 valence electrons. The molecule has 2 N–H and O–H groups in total. The van der Waals surface area contributed by atoms with Gasteiger partial charge in [-0.15, -0.1) is 0 Å². The number of hydrogen-bond acceptors (Lipinski definition) is 2. The molecule has 0 fully saturated rings. The molecule has 1 aromatic rings. The summed E-state index contributed by atoms with van der Waals surface area (Å²) in [6.45, 7) is 0.356. The molecule has 0 aliphatic carbocycles. The minimum atomic E-state index is 0.310. The Bertz CT molecular complexity index is 243. The third kappa shape index (κ3) is 1.12. The van der Waals surface area contributed by atoms with E-state index in [0.29, 0.717) is 16.7 Å². The first-order chi connectivity index (χ1) is 4.66. The number of aryl methyl sites for hydroxylation is 1. The summed E-state index contributed by atoms with van der Waals surface area (Å²) in [5.74, 6) is 0. The van der Waals surface area contributed by atoms with Crippen LogP contribution >= 0.6 is 23.2 Å². The van der Waals surface area contributed by atoms with Gasteiger partial charge >= 0.3 is 0 Å². The Hall–Kier alpha value is -0.250. The molecule has 0 aliphatic rings. The molecule has 0 amide bonds. The van der Waals surface area contributed by atoms with Gasteiger partial charge in [-0.1, -0.05) is 23.2 Å². The predicted octanol–water partition coefficient (Wildman–Crippen LogP) is 1.19. The molecular weight excluding hydrogens is 173 g/mol. The van der Waals surface area contributed by atoms with Crippen LogP contribution in [0.4, 0.5) is 0 Å². The second kappa shape index (κ2) is 2.78. The van der Waals surface area contributed by atoms with Crippen molar-refractivity contribution in [2.24, 2.45) is 12.8 Å². The molecule has 0 saturated heterocycles. The van der Waals surface area contributed by atoms with Gasteiger partial charge in [0.05, 0.1) is 5.69 Å². The molecule has 5 heteroatoms. The topological polar surface area (TPSA) is 43.8 Å². The number of nitrogens with zero attached hydrogens (tertiary/aromatic N) is 2. The van der Waals surface area contributed by atoms with Gasteiger partial charge < -0.3 is 5.73 Å². The van der Waals surface area contributed by atoms with E-state index in [0.717, 1.165) is 5.69 Å². The monoisotopic (exact) mass is 179 g/mol. The van der Waals surface area contributed by atoms with Crippen molar-refractivity contribution in [3.05, 3.63) is 15.9 Å². The summed E-state index contributed by atoms with van der Waals surface area (Å²) in [5, 5.41) is 4.61. The molecule has 0 saturated carbocycles. The SMILES string of the molecule is Cn1nc(Cl)c(Cl)c1CN. The maximum absolute atomic E-state index is 5.72. The second-order valence-electron chi connectivity index (χ2n) is 1.88. The number of halogens is 2. The average Bonchev–Trinajstić information content (AvgIpc) is 2.09. The van der Waals surface area contributed by atoms with Gasteiger partial charge in [0.25, 0.3) is 0 Å². The lowest BCUT2D eigenvalue weighted by Crippen LogP contribution is -2.04. The summed E-state index contributed by atoms with van der Waals surface area (Å²) >= 11 is 11.3. The highest BCUT2D eigenvalue weighted by atomic mass is 35.5. The van der Waals surface area contributed by atoms with E-state index in [1.165, 1.54) is 0 Å². The van der Waals surface area contributed by atoms with Crippen molar-refractivity contribution in [3.8, 4) is 0 Å². The molecule has 1 rings (SSSR count). The number of hydrogen-bond donors (Lipinski definition) is 1. The van der Waals surface area contributed by atoms with Gasteiger partial charge in [-0.3, -0.25) is 4.68 Å². The highest BCUT2D eigenvalue weighted by Crippen LogP contribution is 2.23. The van der Waals surface area contributed by atoms with Crippen molar-refractivity contribution in [2.75, 3.05) is 0 Å². The van der Waals surface area contributed by atoms with E-state index in [1.807, 2.05) is 0 Å². The first-order valence-corrected chi connectivity index (χ1v) is 3.49. The lowest BCUT2D eigenvalue weighted by molar-refractivity contribution is 0.712. The van der Waals surface area contributed by atoms with Gasteiger partial charge in [0.2, 0.25) is 0 Å². The van der Waals surface area contributed by atoms with Crippen molar-refractivity contribution < 1.29 is 0 Å². The van der Waals surface area contributed by atoms with E-state index in [-0.39, 0.29) is 0 Å². The highest BCUT2D eigenvalue weighted by Gasteiger charge is 2.09. The normalized spacial score (nSPS) is 10.4. The van der Waals surface area contributed by atoms with Crippen LogP contribution in [-0.2, 0) is 13.6 Å². The van der Waals surface area contributed by atoms with E-state index in [4.69, 9.17) is 28.9 Å². The molecule has 0 aliphatic heterocycles. The zero-order valence-corrected chi connectivity index (χ0v) is 6.95. The van der Waals surface area contributed by atoms with Gasteiger partial charge in [-0.05, 0) is 0 Å². The van der Waals surface area contributed by atoms with E-state index < -0.39 is 0 Å². The summed E-state index contributed by atoms with van der Waals surface area (Å²) in [7, 11) is 1.75. The Labute approximate surface area is 68.7 Å². The smallest absolute Gasteiger partial charge is 0.169 e. The van der Waals surface area contributed by atoms with Crippen LogP contribution in [0.1, 0.15) is 5.69 Å². The van der Waals surface area contributed by atoms with Crippen LogP contribution in [0.3, 0.4) is 0 Å². The summed E-state index contributed by atoms with van der Waals surface area (Å²) < 4.78 is 1.57. The third-order valence-electron chi connectivity index (χ3n) is 1.26. The minimum Gasteiger partial charge on any atom is -0.325 e. The molecule has 1 heterocycles. The van der Waals surface area contributed by atoms with Gasteiger partial charge in [0.1, 0.15) is 5.02 Å². The first-order valence-electron chi connectivity index (χ1n) is 2.73. The molecular formula is C5H7Cl2N3. The van der Waals surface area contributed by atoms with E-state index in [2.05, 4.69) is 5.10 Å². The Morgan fingerprint density at radius 2 is 2.20 bits per heavy atom. The largest absolute Gasteiger partial charge is 0.325 e. The van der Waals surface area contributed by atoms with Crippen LogP contribution in [0.2, 0.25) is 10.2 Å². The lowest BCUT2D eigenvalue weighted by Gasteiger charge is -1.94. The van der Waals surface area contributed by atoms with Crippen molar-refractivity contribution in [2.45, 2.75) is 6.54 Å². The second-order valence-corrected chi connectivity index (χ2v) is 2.62. The van der Waals surface area contributed by atoms with Gasteiger partial charge in [0, 0.05) is 13.6 Å². The van der Waals surface area contributed by atoms with Crippen molar-refractivity contribution in [1.29, 1.82) is 0 Å². The van der Waals surface area contributed by atoms with Gasteiger partial charge in [-0.25, -0.2) is 0 Å². The van der Waals surface area contributed by atoms with Gasteiger partial charge in [0.15, 0.2) is 5.15 Å². The van der Waals surface area contributed by atoms with Crippen LogP contribution in [0, 0.1) is 0 Å². The number of aromatic nitrogens is 2. The Morgan fingerprint density at radius 3 is 2.40 bits per heavy atom. The molecule has 0 aromatic carbocycles. The highest BCUT2D eigenvalue weighted by molar-refractivity contribution is 6.41. The summed E-state index contributed by atoms with van der Waals surface area (Å²) in [5.41, 5.74) is 6.12. The van der Waals surface area contributed by atoms with Crippen LogP contribution in [0.5, 0.6) is 0 Å². The Morgan fingerprint density at radius 1 is 1.60 bits per heavy atom.